The molecule has 2 aromatic rings. The number of hydrogen-bond acceptors (Lipinski definition) is 6. The largest absolute Gasteiger partial charge is 2.00 e. The van der Waals surface area contributed by atoms with Crippen LogP contribution in [0.1, 0.15) is 41.4 Å². The molecule has 0 heterocycles. The van der Waals surface area contributed by atoms with Crippen LogP contribution in [-0.4, -0.2) is 35.5 Å². The van der Waals surface area contributed by atoms with E-state index in [1.807, 2.05) is 0 Å². The first kappa shape index (κ1) is 35.2. The van der Waals surface area contributed by atoms with Gasteiger partial charge in [-0.1, -0.05) is 48.5 Å². The summed E-state index contributed by atoms with van der Waals surface area (Å²) >= 11 is 0. The van der Waals surface area contributed by atoms with Gasteiger partial charge in [-0.3, -0.25) is 9.59 Å². The second kappa shape index (κ2) is 17.9. The van der Waals surface area contributed by atoms with Gasteiger partial charge in [-0.2, -0.15) is 0 Å². The van der Waals surface area contributed by atoms with Gasteiger partial charge < -0.3 is 41.7 Å². The van der Waals surface area contributed by atoms with Crippen molar-refractivity contribution in [2.75, 3.05) is 0 Å². The van der Waals surface area contributed by atoms with Crippen molar-refractivity contribution >= 4 is 24.5 Å². The zero-order valence-electron chi connectivity index (χ0n) is 13.7. The van der Waals surface area contributed by atoms with E-state index in [2.05, 4.69) is 0 Å². The molecule has 27 heavy (non-hydrogen) atoms. The molecule has 2 rings (SSSR count). The number of carboxylic acids is 2. The van der Waals surface area contributed by atoms with Crippen LogP contribution in [0.4, 0.5) is 0 Å². The van der Waals surface area contributed by atoms with E-state index < -0.39 is 11.9 Å². The summed E-state index contributed by atoms with van der Waals surface area (Å²) in [5.74, 6) is -2.47. The zero-order chi connectivity index (χ0) is 16.5. The molecular weight excluding hydrogens is 416 g/mol. The third-order valence-electron chi connectivity index (χ3n) is 2.56. The number of benzene rings is 2. The minimum atomic E-state index is -1.23. The molecule has 0 unspecified atom stereocenters. The van der Waals surface area contributed by atoms with Crippen molar-refractivity contribution in [2.24, 2.45) is 0 Å². The normalized spacial score (nSPS) is 7.41. The quantitative estimate of drug-likeness (QED) is 0.264. The molecule has 0 fully saturated rings. The van der Waals surface area contributed by atoms with Gasteiger partial charge in [0.25, 0.3) is 0 Å². The summed E-state index contributed by atoms with van der Waals surface area (Å²) in [7, 11) is 0. The molecule has 2 aromatic carbocycles. The zero-order valence-corrected chi connectivity index (χ0v) is 14.6. The molecule has 0 saturated carbocycles. The van der Waals surface area contributed by atoms with E-state index in [4.69, 9.17) is 0 Å². The Morgan fingerprint density at radius 1 is 0.630 bits per heavy atom. The molecule has 0 bridgehead atoms. The van der Waals surface area contributed by atoms with Crippen molar-refractivity contribution in [3.63, 3.8) is 0 Å². The number of aromatic carboxylic acids is 2. The van der Waals surface area contributed by atoms with E-state index in [1.54, 1.807) is 0 Å². The smallest absolute Gasteiger partial charge is 0.545 e. The first-order valence-corrected chi connectivity index (χ1v) is 6.01. The molecule has 0 aromatic heterocycles. The number of carbonyl (C=O) groups excluding carboxylic acids is 4. The van der Waals surface area contributed by atoms with Crippen molar-refractivity contribution in [3.05, 3.63) is 70.8 Å². The predicted molar refractivity (Wildman–Crippen MR) is 89.3 cm³/mol. The Hall–Kier alpha value is -2.92. The van der Waals surface area contributed by atoms with E-state index in [0.29, 0.717) is 23.7 Å². The molecule has 1 radical (unpaired) electrons. The van der Waals surface area contributed by atoms with Crippen molar-refractivity contribution in [3.8, 4) is 0 Å². The maximum atomic E-state index is 10.2. The van der Waals surface area contributed by atoms with E-state index in [1.165, 1.54) is 48.5 Å². The summed E-state index contributed by atoms with van der Waals surface area (Å²) in [6.07, 6.45) is 1.30. The number of rotatable bonds is 4. The topological polar surface area (TPSA) is 243 Å². The summed E-state index contributed by atoms with van der Waals surface area (Å²) in [6, 6.07) is 11.0. The minimum absolute atomic E-state index is 0. The van der Waals surface area contributed by atoms with Gasteiger partial charge in [0.15, 0.2) is 0 Å². The van der Waals surface area contributed by atoms with E-state index in [-0.39, 0.29) is 50.1 Å². The molecule has 10 nitrogen and oxygen atoms in total. The number of aldehydes is 2. The van der Waals surface area contributed by atoms with Crippen molar-refractivity contribution in [2.45, 2.75) is 0 Å². The molecule has 0 amide bonds. The van der Waals surface area contributed by atoms with Gasteiger partial charge in [-0.25, -0.2) is 0 Å². The maximum Gasteiger partial charge on any atom is 2.00 e. The first-order valence-electron chi connectivity index (χ1n) is 6.01. The molecule has 0 spiro atoms. The minimum Gasteiger partial charge on any atom is -0.545 e. The summed E-state index contributed by atoms with van der Waals surface area (Å²) in [5, 5.41) is 20.4. The molecule has 11 heteroatoms. The van der Waals surface area contributed by atoms with Gasteiger partial charge in [0.05, 0.1) is 11.9 Å². The van der Waals surface area contributed by atoms with Crippen LogP contribution < -0.4 is 10.2 Å². The Bertz CT molecular complexity index is 622. The van der Waals surface area contributed by atoms with Crippen molar-refractivity contribution in [1.29, 1.82) is 0 Å². The molecule has 10 N–H and O–H groups in total. The summed E-state index contributed by atoms with van der Waals surface area (Å²) in [5.41, 5.74) is 1.07. The Morgan fingerprint density at radius 3 is 1.00 bits per heavy atom. The fraction of sp³-hybridized carbons (Fsp3) is 0. The van der Waals surface area contributed by atoms with Crippen molar-refractivity contribution < 1.29 is 68.4 Å². The Kier molecular flexibility index (Phi) is 23.3. The van der Waals surface area contributed by atoms with E-state index >= 15 is 0 Å². The molecule has 0 aliphatic carbocycles. The summed E-state index contributed by atoms with van der Waals surface area (Å²) in [4.78, 5) is 40.7. The Morgan fingerprint density at radius 2 is 0.852 bits per heavy atom. The fourth-order valence-corrected chi connectivity index (χ4v) is 1.40. The second-order valence-electron chi connectivity index (χ2n) is 4.05. The third kappa shape index (κ3) is 12.1. The fourth-order valence-electron chi connectivity index (χ4n) is 1.40. The summed E-state index contributed by atoms with van der Waals surface area (Å²) < 4.78 is 0. The average molecular weight is 436 g/mol. The van der Waals surface area contributed by atoms with Crippen LogP contribution in [0, 0.1) is 0 Å². The Balaban J connectivity index is -0.000000101. The van der Waals surface area contributed by atoms with Gasteiger partial charge in [0, 0.05) is 11.1 Å². The molecule has 0 aliphatic heterocycles. The van der Waals surface area contributed by atoms with Crippen LogP contribution in [0.3, 0.4) is 0 Å². The van der Waals surface area contributed by atoms with Gasteiger partial charge in [0.2, 0.25) is 0 Å². The SMILES string of the molecule is O.O.O=Cc1ccc(C(=O)[O-])cc1.O=Cc1ccc(C(=O)[O-])cc1.[Cu+2].[OH3+].[OH3+]. The van der Waals surface area contributed by atoms with Crippen LogP contribution in [-0.2, 0) is 28.0 Å². The molecular formula is C16H20CuO10+2. The monoisotopic (exact) mass is 435 g/mol. The van der Waals surface area contributed by atoms with E-state index in [9.17, 15) is 29.4 Å². The standard InChI is InChI=1S/2C8H6O3.Cu.4H2O/c2*9-5-6-1-3-7(4-2-6)8(10)11;;;;;/h2*1-5H,(H,10,11);;4*1H2/q;;+2;;;;. The van der Waals surface area contributed by atoms with Crippen LogP contribution in [0.5, 0.6) is 0 Å². The molecule has 0 atom stereocenters. The average Bonchev–Trinajstić information content (AvgIpc) is 2.55. The van der Waals surface area contributed by atoms with Crippen LogP contribution >= 0.6 is 0 Å². The van der Waals surface area contributed by atoms with E-state index in [0.717, 1.165) is 0 Å². The predicted octanol–water partition coefficient (Wildman–Crippen LogP) is -3.77. The molecule has 153 valence electrons. The summed E-state index contributed by atoms with van der Waals surface area (Å²) in [6.45, 7) is 0. The van der Waals surface area contributed by atoms with Gasteiger partial charge in [-0.05, 0) is 11.1 Å². The second-order valence-corrected chi connectivity index (χ2v) is 4.05. The van der Waals surface area contributed by atoms with Gasteiger partial charge >= 0.3 is 17.1 Å². The third-order valence-corrected chi connectivity index (χ3v) is 2.56. The first-order chi connectivity index (χ1) is 10.5. The van der Waals surface area contributed by atoms with Crippen molar-refractivity contribution in [1.82, 2.24) is 0 Å². The molecule has 0 aliphatic rings. The van der Waals surface area contributed by atoms with Gasteiger partial charge in [-0.15, -0.1) is 0 Å². The van der Waals surface area contributed by atoms with Gasteiger partial charge in [0.1, 0.15) is 12.6 Å². The van der Waals surface area contributed by atoms with Crippen LogP contribution in [0.25, 0.3) is 0 Å². The van der Waals surface area contributed by atoms with Crippen LogP contribution in [0.15, 0.2) is 48.5 Å². The molecule has 0 saturated heterocycles. The number of hydrogen-bond donors (Lipinski definition) is 0. The van der Waals surface area contributed by atoms with Crippen LogP contribution in [0.2, 0.25) is 0 Å². The Labute approximate surface area is 164 Å². The maximum absolute atomic E-state index is 10.2. The number of carboxylic acid groups (broad SMARTS) is 2. The number of carbonyl (C=O) groups is 4.